The van der Waals surface area contributed by atoms with E-state index in [9.17, 15) is 13.6 Å². The van der Waals surface area contributed by atoms with Gasteiger partial charge in [-0.1, -0.05) is 0 Å². The van der Waals surface area contributed by atoms with Gasteiger partial charge < -0.3 is 9.64 Å². The maximum atomic E-state index is 14.4. The van der Waals surface area contributed by atoms with Gasteiger partial charge in [-0.15, -0.1) is 0 Å². The summed E-state index contributed by atoms with van der Waals surface area (Å²) in [5, 5.41) is 4.27. The number of carbonyl (C=O) groups is 1. The van der Waals surface area contributed by atoms with Crippen molar-refractivity contribution in [2.24, 2.45) is 0 Å². The second-order valence-corrected chi connectivity index (χ2v) is 9.47. The van der Waals surface area contributed by atoms with Crippen molar-refractivity contribution in [2.45, 2.75) is 70.4 Å². The van der Waals surface area contributed by atoms with E-state index in [0.717, 1.165) is 12.8 Å². The van der Waals surface area contributed by atoms with Crippen LogP contribution in [0.4, 0.5) is 13.6 Å². The van der Waals surface area contributed by atoms with Gasteiger partial charge in [0.2, 0.25) is 5.28 Å². The molecular formula is C21H26ClF2N5O2. The van der Waals surface area contributed by atoms with Gasteiger partial charge >= 0.3 is 6.09 Å². The lowest BCUT2D eigenvalue weighted by atomic mass is 9.90. The van der Waals surface area contributed by atoms with E-state index in [1.807, 2.05) is 31.6 Å². The summed E-state index contributed by atoms with van der Waals surface area (Å²) in [5.41, 5.74) is 0.714. The first-order valence-electron chi connectivity index (χ1n) is 10.5. The highest BCUT2D eigenvalue weighted by Gasteiger charge is 2.40. The number of carbonyl (C=O) groups excluding carboxylic acids is 1. The molecule has 2 aromatic rings. The summed E-state index contributed by atoms with van der Waals surface area (Å²) in [7, 11) is 0. The summed E-state index contributed by atoms with van der Waals surface area (Å²) in [6.07, 6.45) is 5.21. The molecule has 10 heteroatoms. The van der Waals surface area contributed by atoms with Crippen molar-refractivity contribution in [2.75, 3.05) is 13.1 Å². The minimum absolute atomic E-state index is 0.0991. The standard InChI is InChI=1S/C21H26ClF2N5O2/c1-20(2,3)31-19(30)28-9-6-14(7-10-28)29-12-13(11-25-29)16-15-5-4-8-21(23,24)17(15)27-18(22)26-16/h11-12,14H,4-10H2,1-3H3. The fraction of sp³-hybridized carbons (Fsp3) is 0.619. The maximum Gasteiger partial charge on any atom is 0.410 e. The largest absolute Gasteiger partial charge is 0.444 e. The van der Waals surface area contributed by atoms with Crippen LogP contribution in [0, 0.1) is 0 Å². The number of alkyl halides is 2. The third-order valence-corrected chi connectivity index (χ3v) is 5.78. The van der Waals surface area contributed by atoms with Crippen molar-refractivity contribution in [3.63, 3.8) is 0 Å². The first kappa shape index (κ1) is 21.9. The molecule has 0 radical (unpaired) electrons. The summed E-state index contributed by atoms with van der Waals surface area (Å²) < 4.78 is 36.0. The monoisotopic (exact) mass is 453 g/mol. The summed E-state index contributed by atoms with van der Waals surface area (Å²) in [6, 6.07) is 0.0991. The highest BCUT2D eigenvalue weighted by molar-refractivity contribution is 6.28. The van der Waals surface area contributed by atoms with Crippen LogP contribution in [0.2, 0.25) is 5.28 Å². The summed E-state index contributed by atoms with van der Waals surface area (Å²) in [6.45, 7) is 6.66. The van der Waals surface area contributed by atoms with E-state index in [1.54, 1.807) is 11.1 Å². The lowest BCUT2D eigenvalue weighted by Crippen LogP contribution is -2.42. The Bertz CT molecular complexity index is 981. The molecule has 2 aromatic heterocycles. The highest BCUT2D eigenvalue weighted by Crippen LogP contribution is 2.42. The number of likely N-dealkylation sites (tertiary alicyclic amines) is 1. The molecule has 0 aromatic carbocycles. The topological polar surface area (TPSA) is 73.1 Å². The van der Waals surface area contributed by atoms with Crippen molar-refractivity contribution in [3.8, 4) is 11.3 Å². The second kappa shape index (κ2) is 8.00. The zero-order chi connectivity index (χ0) is 22.4. The Kier molecular flexibility index (Phi) is 5.66. The molecule has 0 unspecified atom stereocenters. The van der Waals surface area contributed by atoms with Crippen LogP contribution < -0.4 is 0 Å². The Morgan fingerprint density at radius 3 is 2.65 bits per heavy atom. The fourth-order valence-electron chi connectivity index (χ4n) is 4.14. The first-order chi connectivity index (χ1) is 14.5. The molecule has 0 saturated carbocycles. The number of halogens is 3. The molecule has 4 rings (SSSR count). The molecule has 1 aliphatic carbocycles. The minimum Gasteiger partial charge on any atom is -0.444 e. The maximum absolute atomic E-state index is 14.4. The predicted molar refractivity (Wildman–Crippen MR) is 111 cm³/mol. The number of nitrogens with zero attached hydrogens (tertiary/aromatic N) is 5. The van der Waals surface area contributed by atoms with Crippen LogP contribution in [0.1, 0.15) is 63.8 Å². The zero-order valence-electron chi connectivity index (χ0n) is 17.9. The number of hydrogen-bond acceptors (Lipinski definition) is 5. The molecule has 7 nitrogen and oxygen atoms in total. The van der Waals surface area contributed by atoms with Crippen LogP contribution in [-0.2, 0) is 17.1 Å². The number of aromatic nitrogens is 4. The lowest BCUT2D eigenvalue weighted by Gasteiger charge is -2.33. The normalized spacial score (nSPS) is 19.2. The number of fused-ring (bicyclic) bond motifs is 1. The van der Waals surface area contributed by atoms with Crippen molar-refractivity contribution in [1.82, 2.24) is 24.6 Å². The van der Waals surface area contributed by atoms with E-state index in [-0.39, 0.29) is 29.5 Å². The molecular weight excluding hydrogens is 428 g/mol. The SMILES string of the molecule is CC(C)(C)OC(=O)N1CCC(n2cc(-c3nc(Cl)nc4c3CCCC4(F)F)cn2)CC1. The van der Waals surface area contributed by atoms with Gasteiger partial charge in [-0.2, -0.15) is 13.9 Å². The van der Waals surface area contributed by atoms with Crippen LogP contribution in [0.3, 0.4) is 0 Å². The van der Waals surface area contributed by atoms with Gasteiger partial charge in [-0.25, -0.2) is 14.8 Å². The molecule has 168 valence electrons. The van der Waals surface area contributed by atoms with Gasteiger partial charge in [0.25, 0.3) is 5.92 Å². The van der Waals surface area contributed by atoms with Crippen LogP contribution in [0.15, 0.2) is 12.4 Å². The molecule has 0 bridgehead atoms. The van der Waals surface area contributed by atoms with Crippen molar-refractivity contribution in [3.05, 3.63) is 28.9 Å². The lowest BCUT2D eigenvalue weighted by molar-refractivity contribution is -0.0263. The van der Waals surface area contributed by atoms with Crippen LogP contribution in [0.5, 0.6) is 0 Å². The summed E-state index contributed by atoms with van der Waals surface area (Å²) in [5.74, 6) is -3.00. The predicted octanol–water partition coefficient (Wildman–Crippen LogP) is 4.99. The Morgan fingerprint density at radius 1 is 1.26 bits per heavy atom. The second-order valence-electron chi connectivity index (χ2n) is 9.13. The van der Waals surface area contributed by atoms with E-state index in [4.69, 9.17) is 16.3 Å². The van der Waals surface area contributed by atoms with Crippen LogP contribution in [-0.4, -0.2) is 49.4 Å². The minimum atomic E-state index is -3.00. The van der Waals surface area contributed by atoms with Crippen molar-refractivity contribution < 1.29 is 18.3 Å². The highest BCUT2D eigenvalue weighted by atomic mass is 35.5. The fourth-order valence-corrected chi connectivity index (χ4v) is 4.31. The number of ether oxygens (including phenoxy) is 1. The van der Waals surface area contributed by atoms with Crippen LogP contribution in [0.25, 0.3) is 11.3 Å². The Morgan fingerprint density at radius 2 is 1.97 bits per heavy atom. The molecule has 0 N–H and O–H groups in total. The molecule has 0 spiro atoms. The molecule has 3 heterocycles. The Labute approximate surface area is 184 Å². The Balaban J connectivity index is 1.51. The van der Waals surface area contributed by atoms with Gasteiger partial charge in [0.15, 0.2) is 0 Å². The van der Waals surface area contributed by atoms with E-state index in [2.05, 4.69) is 15.1 Å². The van der Waals surface area contributed by atoms with Gasteiger partial charge in [0.05, 0.1) is 17.9 Å². The van der Waals surface area contributed by atoms with Gasteiger partial charge in [0, 0.05) is 36.8 Å². The van der Waals surface area contributed by atoms with E-state index in [0.29, 0.717) is 42.8 Å². The molecule has 1 amide bonds. The quantitative estimate of drug-likeness (QED) is 0.599. The number of rotatable bonds is 2. The summed E-state index contributed by atoms with van der Waals surface area (Å²) in [4.78, 5) is 22.0. The third-order valence-electron chi connectivity index (χ3n) is 5.61. The molecule has 2 aliphatic rings. The molecule has 1 saturated heterocycles. The summed E-state index contributed by atoms with van der Waals surface area (Å²) >= 11 is 5.97. The average Bonchev–Trinajstić information content (AvgIpc) is 3.17. The van der Waals surface area contributed by atoms with E-state index >= 15 is 0 Å². The van der Waals surface area contributed by atoms with Crippen molar-refractivity contribution >= 4 is 17.7 Å². The third kappa shape index (κ3) is 4.66. The van der Waals surface area contributed by atoms with Gasteiger partial charge in [-0.05, 0) is 58.1 Å². The van der Waals surface area contributed by atoms with Gasteiger partial charge in [0.1, 0.15) is 11.3 Å². The molecule has 31 heavy (non-hydrogen) atoms. The van der Waals surface area contributed by atoms with Crippen molar-refractivity contribution in [1.29, 1.82) is 0 Å². The number of hydrogen-bond donors (Lipinski definition) is 0. The van der Waals surface area contributed by atoms with E-state index < -0.39 is 11.5 Å². The molecule has 1 aliphatic heterocycles. The smallest absolute Gasteiger partial charge is 0.410 e. The van der Waals surface area contributed by atoms with Gasteiger partial charge in [-0.3, -0.25) is 4.68 Å². The zero-order valence-corrected chi connectivity index (χ0v) is 18.6. The number of amides is 1. The van der Waals surface area contributed by atoms with Crippen LogP contribution >= 0.6 is 11.6 Å². The van der Waals surface area contributed by atoms with E-state index in [1.165, 1.54) is 0 Å². The Hall–Kier alpha value is -2.29. The first-order valence-corrected chi connectivity index (χ1v) is 10.9. The number of piperidine rings is 1. The average molecular weight is 454 g/mol. The molecule has 0 atom stereocenters. The molecule has 1 fully saturated rings.